The van der Waals surface area contributed by atoms with Crippen LogP contribution in [0, 0.1) is 0 Å². The predicted molar refractivity (Wildman–Crippen MR) is 63.7 cm³/mol. The summed E-state index contributed by atoms with van der Waals surface area (Å²) in [5, 5.41) is 12.0. The first kappa shape index (κ1) is 14.7. The van der Waals surface area contributed by atoms with Crippen molar-refractivity contribution in [2.24, 2.45) is 0 Å². The molecule has 0 aromatic heterocycles. The summed E-state index contributed by atoms with van der Waals surface area (Å²) in [5.74, 6) is -1.12. The van der Waals surface area contributed by atoms with Crippen LogP contribution in [0.4, 0.5) is 14.5 Å². The number of halogens is 3. The Kier molecular flexibility index (Phi) is 5.80. The molecule has 0 saturated carbocycles. The van der Waals surface area contributed by atoms with Crippen LogP contribution in [0.15, 0.2) is 18.2 Å². The summed E-state index contributed by atoms with van der Waals surface area (Å²) < 4.78 is 28.2. The van der Waals surface area contributed by atoms with Crippen molar-refractivity contribution < 1.29 is 23.4 Å². The molecule has 1 aromatic rings. The minimum absolute atomic E-state index is 0.0244. The molecule has 0 aliphatic carbocycles. The van der Waals surface area contributed by atoms with Crippen LogP contribution in [-0.4, -0.2) is 37.3 Å². The highest BCUT2D eigenvalue weighted by atomic mass is 35.5. The first-order valence-corrected chi connectivity index (χ1v) is 5.51. The maximum atomic E-state index is 11.8. The average molecular weight is 280 g/mol. The van der Waals surface area contributed by atoms with Crippen LogP contribution in [-0.2, 0) is 4.74 Å². The molecule has 0 spiro atoms. The van der Waals surface area contributed by atoms with Crippen molar-refractivity contribution in [3.05, 3.63) is 28.8 Å². The fourth-order valence-electron chi connectivity index (χ4n) is 1.28. The fraction of sp³-hybridized carbons (Fsp3) is 0.364. The van der Waals surface area contributed by atoms with E-state index >= 15 is 0 Å². The Morgan fingerprint density at radius 3 is 2.83 bits per heavy atom. The molecule has 0 bridgehead atoms. The maximum Gasteiger partial charge on any atom is 0.337 e. The zero-order chi connectivity index (χ0) is 13.5. The van der Waals surface area contributed by atoms with Gasteiger partial charge in [-0.2, -0.15) is 0 Å². The second kappa shape index (κ2) is 7.13. The second-order valence-electron chi connectivity index (χ2n) is 3.39. The molecule has 2 N–H and O–H groups in total. The second-order valence-corrected chi connectivity index (χ2v) is 3.82. The molecule has 0 atom stereocenters. The van der Waals surface area contributed by atoms with Gasteiger partial charge in [0.2, 0.25) is 0 Å². The number of carbonyl (C=O) groups is 1. The molecule has 18 heavy (non-hydrogen) atoms. The lowest BCUT2D eigenvalue weighted by Gasteiger charge is -2.10. The Hall–Kier alpha value is -1.40. The Labute approximate surface area is 108 Å². The van der Waals surface area contributed by atoms with Gasteiger partial charge >= 0.3 is 5.97 Å². The van der Waals surface area contributed by atoms with Crippen LogP contribution in [0.25, 0.3) is 0 Å². The van der Waals surface area contributed by atoms with Crippen LogP contribution < -0.4 is 5.32 Å². The number of ether oxygens (including phenoxy) is 1. The number of alkyl halides is 2. The van der Waals surface area contributed by atoms with Crippen molar-refractivity contribution >= 4 is 23.3 Å². The van der Waals surface area contributed by atoms with E-state index in [0.717, 1.165) is 0 Å². The van der Waals surface area contributed by atoms with Crippen LogP contribution >= 0.6 is 11.6 Å². The number of nitrogens with one attached hydrogen (secondary N) is 1. The van der Waals surface area contributed by atoms with E-state index in [9.17, 15) is 13.6 Å². The van der Waals surface area contributed by atoms with E-state index in [1.165, 1.54) is 18.2 Å². The summed E-state index contributed by atoms with van der Waals surface area (Å²) in [6, 6.07) is 4.36. The SMILES string of the molecule is O=C(O)c1cc(Cl)ccc1NCCOCC(F)F. The quantitative estimate of drug-likeness (QED) is 0.754. The third kappa shape index (κ3) is 4.85. The molecule has 1 rings (SSSR count). The summed E-state index contributed by atoms with van der Waals surface area (Å²) in [5.41, 5.74) is 0.393. The Bertz CT molecular complexity index is 415. The molecule has 0 amide bonds. The van der Waals surface area contributed by atoms with Gasteiger partial charge in [-0.05, 0) is 18.2 Å². The van der Waals surface area contributed by atoms with Crippen LogP contribution in [0.2, 0.25) is 5.02 Å². The highest BCUT2D eigenvalue weighted by Gasteiger charge is 2.10. The fourth-order valence-corrected chi connectivity index (χ4v) is 1.45. The van der Waals surface area contributed by atoms with Gasteiger partial charge in [0.25, 0.3) is 6.43 Å². The lowest BCUT2D eigenvalue weighted by Crippen LogP contribution is -2.14. The van der Waals surface area contributed by atoms with E-state index in [4.69, 9.17) is 16.7 Å². The zero-order valence-corrected chi connectivity index (χ0v) is 10.1. The van der Waals surface area contributed by atoms with Gasteiger partial charge in [0.1, 0.15) is 6.61 Å². The summed E-state index contributed by atoms with van der Waals surface area (Å²) in [6.07, 6.45) is -2.50. The minimum Gasteiger partial charge on any atom is -0.478 e. The average Bonchev–Trinajstić information content (AvgIpc) is 2.29. The molecule has 0 fully saturated rings. The molecule has 0 unspecified atom stereocenters. The van der Waals surface area contributed by atoms with Crippen LogP contribution in [0.5, 0.6) is 0 Å². The first-order chi connectivity index (χ1) is 8.50. The number of carboxylic acid groups (broad SMARTS) is 1. The molecule has 4 nitrogen and oxygen atoms in total. The van der Waals surface area contributed by atoms with Gasteiger partial charge in [0, 0.05) is 17.3 Å². The van der Waals surface area contributed by atoms with E-state index in [-0.39, 0.29) is 18.7 Å². The van der Waals surface area contributed by atoms with Gasteiger partial charge in [0.15, 0.2) is 0 Å². The molecular formula is C11H12ClF2NO3. The molecule has 0 aliphatic rings. The minimum atomic E-state index is -2.50. The molecule has 0 saturated heterocycles. The summed E-state index contributed by atoms with van der Waals surface area (Å²) >= 11 is 5.68. The van der Waals surface area contributed by atoms with Crippen LogP contribution in [0.1, 0.15) is 10.4 Å². The van der Waals surface area contributed by atoms with Crippen molar-refractivity contribution in [3.8, 4) is 0 Å². The van der Waals surface area contributed by atoms with Crippen LogP contribution in [0.3, 0.4) is 0 Å². The van der Waals surface area contributed by atoms with Crippen molar-refractivity contribution in [1.29, 1.82) is 0 Å². The number of hydrogen-bond acceptors (Lipinski definition) is 3. The van der Waals surface area contributed by atoms with Gasteiger partial charge in [-0.15, -0.1) is 0 Å². The molecule has 0 heterocycles. The monoisotopic (exact) mass is 279 g/mol. The third-order valence-electron chi connectivity index (χ3n) is 2.02. The lowest BCUT2D eigenvalue weighted by atomic mass is 10.2. The molecular weight excluding hydrogens is 268 g/mol. The molecule has 100 valence electrons. The number of anilines is 1. The number of carboxylic acids is 1. The van der Waals surface area contributed by atoms with Gasteiger partial charge in [0.05, 0.1) is 12.2 Å². The molecule has 0 radical (unpaired) electrons. The normalized spacial score (nSPS) is 10.7. The zero-order valence-electron chi connectivity index (χ0n) is 9.33. The van der Waals surface area contributed by atoms with E-state index in [0.29, 0.717) is 10.7 Å². The van der Waals surface area contributed by atoms with Crippen molar-refractivity contribution in [3.63, 3.8) is 0 Å². The van der Waals surface area contributed by atoms with Gasteiger partial charge in [-0.25, -0.2) is 13.6 Å². The van der Waals surface area contributed by atoms with E-state index in [1.807, 2.05) is 0 Å². The smallest absolute Gasteiger partial charge is 0.337 e. The molecule has 0 aliphatic heterocycles. The van der Waals surface area contributed by atoms with Crippen molar-refractivity contribution in [2.45, 2.75) is 6.43 Å². The number of hydrogen-bond donors (Lipinski definition) is 2. The maximum absolute atomic E-state index is 11.8. The van der Waals surface area contributed by atoms with Gasteiger partial charge < -0.3 is 15.2 Å². The number of rotatable bonds is 7. The Morgan fingerprint density at radius 2 is 2.22 bits per heavy atom. The summed E-state index contributed by atoms with van der Waals surface area (Å²) in [7, 11) is 0. The Morgan fingerprint density at radius 1 is 1.50 bits per heavy atom. The summed E-state index contributed by atoms with van der Waals surface area (Å²) in [6.45, 7) is -0.339. The highest BCUT2D eigenvalue weighted by Crippen LogP contribution is 2.20. The van der Waals surface area contributed by atoms with Gasteiger partial charge in [-0.3, -0.25) is 0 Å². The standard InChI is InChI=1S/C11H12ClF2NO3/c12-7-1-2-9(8(5-7)11(16)17)15-3-4-18-6-10(13)14/h1-2,5,10,15H,3-4,6H2,(H,16,17). The largest absolute Gasteiger partial charge is 0.478 e. The molecule has 1 aromatic carbocycles. The number of benzene rings is 1. The van der Waals surface area contributed by atoms with E-state index in [1.54, 1.807) is 0 Å². The highest BCUT2D eigenvalue weighted by molar-refractivity contribution is 6.31. The Balaban J connectivity index is 2.49. The third-order valence-corrected chi connectivity index (χ3v) is 2.25. The first-order valence-electron chi connectivity index (χ1n) is 5.13. The predicted octanol–water partition coefficient (Wildman–Crippen LogP) is 2.73. The topological polar surface area (TPSA) is 58.6 Å². The number of aromatic carboxylic acids is 1. The molecule has 7 heteroatoms. The van der Waals surface area contributed by atoms with Crippen molar-refractivity contribution in [2.75, 3.05) is 25.1 Å². The van der Waals surface area contributed by atoms with Gasteiger partial charge in [-0.1, -0.05) is 11.6 Å². The lowest BCUT2D eigenvalue weighted by molar-refractivity contribution is 0.0215. The van der Waals surface area contributed by atoms with E-state index in [2.05, 4.69) is 10.1 Å². The summed E-state index contributed by atoms with van der Waals surface area (Å²) in [4.78, 5) is 10.9. The van der Waals surface area contributed by atoms with Crippen molar-refractivity contribution in [1.82, 2.24) is 0 Å². The van der Waals surface area contributed by atoms with E-state index < -0.39 is 19.0 Å².